The van der Waals surface area contributed by atoms with E-state index in [2.05, 4.69) is 18.7 Å². The fourth-order valence-corrected chi connectivity index (χ4v) is 3.37. The van der Waals surface area contributed by atoms with Crippen molar-refractivity contribution in [2.75, 3.05) is 27.3 Å². The number of aliphatic hydroxyl groups excluding tert-OH is 1. The van der Waals surface area contributed by atoms with Gasteiger partial charge >= 0.3 is 7.60 Å². The molecule has 6 heteroatoms. The average molecular weight is 267 g/mol. The van der Waals surface area contributed by atoms with Crippen LogP contribution >= 0.6 is 7.60 Å². The second-order valence-electron chi connectivity index (χ2n) is 4.14. The van der Waals surface area contributed by atoms with Gasteiger partial charge in [-0.05, 0) is 20.0 Å². The maximum Gasteiger partial charge on any atom is 0.358 e. The molecule has 3 unspecified atom stereocenters. The van der Waals surface area contributed by atoms with Gasteiger partial charge in [0, 0.05) is 26.2 Å². The Labute approximate surface area is 105 Å². The molecule has 1 N–H and O–H groups in total. The molecule has 5 nitrogen and oxygen atoms in total. The summed E-state index contributed by atoms with van der Waals surface area (Å²) in [6.45, 7) is 9.77. The normalized spacial score (nSPS) is 18.1. The number of aliphatic hydroxyl groups is 1. The lowest BCUT2D eigenvalue weighted by atomic mass is 10.0. The van der Waals surface area contributed by atoms with Gasteiger partial charge in [0.25, 0.3) is 0 Å². The summed E-state index contributed by atoms with van der Waals surface area (Å²) in [5.74, 6) is -1.30. The number of hydrogen-bond donors (Lipinski definition) is 1. The van der Waals surface area contributed by atoms with Crippen molar-refractivity contribution in [1.82, 2.24) is 4.90 Å². The van der Waals surface area contributed by atoms with Gasteiger partial charge in [-0.3, -0.25) is 4.57 Å². The molecule has 0 aromatic heterocycles. The molecule has 17 heavy (non-hydrogen) atoms. The van der Waals surface area contributed by atoms with Crippen LogP contribution in [0.3, 0.4) is 0 Å². The monoisotopic (exact) mass is 267 g/mol. The van der Waals surface area contributed by atoms with Crippen molar-refractivity contribution < 1.29 is 18.7 Å². The van der Waals surface area contributed by atoms with Crippen molar-refractivity contribution in [3.63, 3.8) is 0 Å². The Balaban J connectivity index is 4.79. The molecule has 104 valence electrons. The van der Waals surface area contributed by atoms with Gasteiger partial charge in [0.1, 0.15) is 0 Å². The molecular weight excluding hydrogens is 241 g/mol. The second kappa shape index (κ2) is 7.49. The minimum atomic E-state index is -3.41. The lowest BCUT2D eigenvalue weighted by molar-refractivity contribution is 0.0783. The molecule has 0 aliphatic carbocycles. The van der Waals surface area contributed by atoms with Crippen LogP contribution in [0.5, 0.6) is 0 Å². The van der Waals surface area contributed by atoms with E-state index in [0.717, 1.165) is 13.1 Å². The Bertz CT molecular complexity index is 250. The van der Waals surface area contributed by atoms with Crippen molar-refractivity contribution >= 4 is 7.60 Å². The van der Waals surface area contributed by atoms with E-state index in [0.29, 0.717) is 0 Å². The molecule has 0 aromatic rings. The fraction of sp³-hybridized carbons (Fsp3) is 1.00. The minimum Gasteiger partial charge on any atom is -0.380 e. The zero-order chi connectivity index (χ0) is 13.6. The van der Waals surface area contributed by atoms with Gasteiger partial charge in [-0.15, -0.1) is 0 Å². The first-order valence-electron chi connectivity index (χ1n) is 6.01. The Hall–Kier alpha value is 0.0700. The molecule has 0 saturated carbocycles. The molecule has 0 aliphatic rings. The lowest BCUT2D eigenvalue weighted by Gasteiger charge is -2.35. The van der Waals surface area contributed by atoms with Crippen molar-refractivity contribution in [1.29, 1.82) is 0 Å². The summed E-state index contributed by atoms with van der Waals surface area (Å²) >= 11 is 0. The summed E-state index contributed by atoms with van der Waals surface area (Å²) in [4.78, 5) is 2.20. The van der Waals surface area contributed by atoms with Gasteiger partial charge in [0.2, 0.25) is 0 Å². The highest BCUT2D eigenvalue weighted by atomic mass is 31.2. The molecular formula is C11H26NO4P. The standard InChI is InChI=1S/C11H26NO4P/c1-7-12(8-2)10(4)9(3)11(13)17(14,15-5)16-6/h9-11,13H,7-8H2,1-6H3. The Kier molecular flexibility index (Phi) is 7.52. The Morgan fingerprint density at radius 2 is 1.59 bits per heavy atom. The molecule has 0 spiro atoms. The van der Waals surface area contributed by atoms with E-state index in [4.69, 9.17) is 9.05 Å². The maximum atomic E-state index is 12.1. The summed E-state index contributed by atoms with van der Waals surface area (Å²) in [6.07, 6.45) is 0. The minimum absolute atomic E-state index is 0.110. The lowest BCUT2D eigenvalue weighted by Crippen LogP contribution is -2.41. The molecule has 3 atom stereocenters. The van der Waals surface area contributed by atoms with E-state index >= 15 is 0 Å². The highest BCUT2D eigenvalue weighted by Crippen LogP contribution is 2.53. The molecule has 0 rings (SSSR count). The first-order chi connectivity index (χ1) is 7.87. The molecule has 0 fully saturated rings. The number of nitrogens with zero attached hydrogens (tertiary/aromatic N) is 1. The predicted molar refractivity (Wildman–Crippen MR) is 69.2 cm³/mol. The van der Waals surface area contributed by atoms with Crippen LogP contribution in [0, 0.1) is 5.92 Å². The first kappa shape index (κ1) is 17.1. The van der Waals surface area contributed by atoms with Crippen molar-refractivity contribution in [2.24, 2.45) is 5.92 Å². The first-order valence-corrected chi connectivity index (χ1v) is 7.62. The second-order valence-corrected chi connectivity index (χ2v) is 6.48. The van der Waals surface area contributed by atoms with Gasteiger partial charge in [-0.25, -0.2) is 0 Å². The van der Waals surface area contributed by atoms with E-state index in [1.54, 1.807) is 0 Å². The summed E-state index contributed by atoms with van der Waals surface area (Å²) < 4.78 is 21.7. The SMILES string of the molecule is CCN(CC)C(C)C(C)C(O)P(=O)(OC)OC. The molecule has 0 aromatic carbocycles. The molecule has 0 aliphatic heterocycles. The van der Waals surface area contributed by atoms with Crippen LogP contribution in [-0.2, 0) is 13.6 Å². The topological polar surface area (TPSA) is 59.0 Å². The van der Waals surface area contributed by atoms with Gasteiger partial charge < -0.3 is 19.1 Å². The van der Waals surface area contributed by atoms with Crippen molar-refractivity contribution in [3.8, 4) is 0 Å². The van der Waals surface area contributed by atoms with Crippen LogP contribution in [0.15, 0.2) is 0 Å². The van der Waals surface area contributed by atoms with E-state index in [1.807, 2.05) is 13.8 Å². The van der Waals surface area contributed by atoms with Crippen molar-refractivity contribution in [2.45, 2.75) is 39.6 Å². The molecule has 0 amide bonds. The van der Waals surface area contributed by atoms with Crippen LogP contribution in [-0.4, -0.2) is 49.2 Å². The van der Waals surface area contributed by atoms with E-state index in [1.165, 1.54) is 14.2 Å². The zero-order valence-electron chi connectivity index (χ0n) is 11.7. The fourth-order valence-electron chi connectivity index (χ4n) is 1.96. The highest BCUT2D eigenvalue weighted by molar-refractivity contribution is 7.54. The van der Waals surface area contributed by atoms with Crippen LogP contribution in [0.25, 0.3) is 0 Å². The molecule has 0 heterocycles. The van der Waals surface area contributed by atoms with Crippen LogP contribution in [0.4, 0.5) is 0 Å². The van der Waals surface area contributed by atoms with E-state index < -0.39 is 13.4 Å². The molecule has 0 bridgehead atoms. The predicted octanol–water partition coefficient (Wildman–Crippen LogP) is 2.16. The van der Waals surface area contributed by atoms with Crippen LogP contribution in [0.2, 0.25) is 0 Å². The highest BCUT2D eigenvalue weighted by Gasteiger charge is 2.39. The van der Waals surface area contributed by atoms with E-state index in [-0.39, 0.29) is 12.0 Å². The van der Waals surface area contributed by atoms with Crippen LogP contribution in [0.1, 0.15) is 27.7 Å². The van der Waals surface area contributed by atoms with E-state index in [9.17, 15) is 9.67 Å². The quantitative estimate of drug-likeness (QED) is 0.683. The summed E-state index contributed by atoms with van der Waals surface area (Å²) in [5.41, 5.74) is 0. The number of rotatable bonds is 8. The summed E-state index contributed by atoms with van der Waals surface area (Å²) in [5, 5.41) is 10.1. The van der Waals surface area contributed by atoms with Gasteiger partial charge in [0.15, 0.2) is 5.85 Å². The van der Waals surface area contributed by atoms with Gasteiger partial charge in [-0.2, -0.15) is 0 Å². The Morgan fingerprint density at radius 1 is 1.18 bits per heavy atom. The van der Waals surface area contributed by atoms with Crippen molar-refractivity contribution in [3.05, 3.63) is 0 Å². The van der Waals surface area contributed by atoms with Gasteiger partial charge in [0.05, 0.1) is 0 Å². The third kappa shape index (κ3) is 4.04. The maximum absolute atomic E-state index is 12.1. The Morgan fingerprint density at radius 3 is 1.88 bits per heavy atom. The van der Waals surface area contributed by atoms with Gasteiger partial charge in [-0.1, -0.05) is 20.8 Å². The molecule has 0 saturated heterocycles. The number of hydrogen-bond acceptors (Lipinski definition) is 5. The zero-order valence-corrected chi connectivity index (χ0v) is 12.6. The third-order valence-electron chi connectivity index (χ3n) is 3.45. The average Bonchev–Trinajstić information content (AvgIpc) is 2.37. The summed E-state index contributed by atoms with van der Waals surface area (Å²) in [7, 11) is -0.826. The van der Waals surface area contributed by atoms with Crippen LogP contribution < -0.4 is 0 Å². The third-order valence-corrected chi connectivity index (χ3v) is 5.59. The summed E-state index contributed by atoms with van der Waals surface area (Å²) in [6, 6.07) is 0.110. The largest absolute Gasteiger partial charge is 0.380 e. The smallest absolute Gasteiger partial charge is 0.358 e. The molecule has 0 radical (unpaired) electrons.